The first kappa shape index (κ1) is 12.8. The molecule has 0 aliphatic carbocycles. The Hall–Kier alpha value is -1.23. The fourth-order valence-electron chi connectivity index (χ4n) is 1.74. The smallest absolute Gasteiger partial charge is 0.182 e. The number of halogens is 3. The SMILES string of the molecule is Clc1cc(Cl)nc(-c2nc3ccccc3cc2Br)n1. The number of benzene rings is 1. The highest BCUT2D eigenvalue weighted by molar-refractivity contribution is 9.10. The first-order valence-electron chi connectivity index (χ1n) is 5.39. The molecule has 0 unspecified atom stereocenters. The van der Waals surface area contributed by atoms with Crippen LogP contribution in [0.5, 0.6) is 0 Å². The van der Waals surface area contributed by atoms with Crippen molar-refractivity contribution < 1.29 is 0 Å². The molecule has 3 aromatic rings. The summed E-state index contributed by atoms with van der Waals surface area (Å²) in [5.41, 5.74) is 1.48. The van der Waals surface area contributed by atoms with Crippen molar-refractivity contribution in [1.29, 1.82) is 0 Å². The summed E-state index contributed by atoms with van der Waals surface area (Å²) in [6.45, 7) is 0. The van der Waals surface area contributed by atoms with Crippen molar-refractivity contribution in [2.24, 2.45) is 0 Å². The van der Waals surface area contributed by atoms with E-state index in [1.165, 1.54) is 6.07 Å². The van der Waals surface area contributed by atoms with Crippen molar-refractivity contribution in [3.05, 3.63) is 51.2 Å². The molecule has 2 aromatic heterocycles. The zero-order valence-corrected chi connectivity index (χ0v) is 12.5. The Kier molecular flexibility index (Phi) is 3.39. The van der Waals surface area contributed by atoms with Gasteiger partial charge in [-0.05, 0) is 28.1 Å². The van der Waals surface area contributed by atoms with Gasteiger partial charge in [0, 0.05) is 15.9 Å². The van der Waals surface area contributed by atoms with Crippen LogP contribution >= 0.6 is 39.1 Å². The van der Waals surface area contributed by atoms with Crippen LogP contribution in [0, 0.1) is 0 Å². The molecule has 1 aromatic carbocycles. The van der Waals surface area contributed by atoms with E-state index in [1.54, 1.807) is 0 Å². The summed E-state index contributed by atoms with van der Waals surface area (Å²) in [7, 11) is 0. The monoisotopic (exact) mass is 353 g/mol. The lowest BCUT2D eigenvalue weighted by molar-refractivity contribution is 1.15. The van der Waals surface area contributed by atoms with Gasteiger partial charge >= 0.3 is 0 Å². The quantitative estimate of drug-likeness (QED) is 0.591. The molecule has 0 saturated carbocycles. The second kappa shape index (κ2) is 5.04. The number of fused-ring (bicyclic) bond motifs is 1. The summed E-state index contributed by atoms with van der Waals surface area (Å²) in [4.78, 5) is 12.8. The van der Waals surface area contributed by atoms with Crippen LogP contribution in [-0.4, -0.2) is 15.0 Å². The molecule has 3 rings (SSSR count). The highest BCUT2D eigenvalue weighted by atomic mass is 79.9. The van der Waals surface area contributed by atoms with Gasteiger partial charge in [0.25, 0.3) is 0 Å². The first-order valence-corrected chi connectivity index (χ1v) is 6.94. The van der Waals surface area contributed by atoms with Gasteiger partial charge in [0.15, 0.2) is 5.82 Å². The Morgan fingerprint density at radius 1 is 0.895 bits per heavy atom. The van der Waals surface area contributed by atoms with Gasteiger partial charge in [0.1, 0.15) is 16.0 Å². The zero-order chi connectivity index (χ0) is 13.4. The Labute approximate surface area is 127 Å². The van der Waals surface area contributed by atoms with E-state index in [-0.39, 0.29) is 10.3 Å². The third kappa shape index (κ3) is 2.56. The van der Waals surface area contributed by atoms with E-state index < -0.39 is 0 Å². The second-order valence-electron chi connectivity index (χ2n) is 3.85. The minimum Gasteiger partial charge on any atom is -0.243 e. The average Bonchev–Trinajstić information content (AvgIpc) is 2.36. The maximum Gasteiger partial charge on any atom is 0.182 e. The van der Waals surface area contributed by atoms with Crippen molar-refractivity contribution in [2.75, 3.05) is 0 Å². The van der Waals surface area contributed by atoms with E-state index in [0.717, 1.165) is 15.4 Å². The first-order chi connectivity index (χ1) is 9.13. The van der Waals surface area contributed by atoms with Gasteiger partial charge in [0.2, 0.25) is 0 Å². The highest BCUT2D eigenvalue weighted by Gasteiger charge is 2.11. The van der Waals surface area contributed by atoms with E-state index in [0.29, 0.717) is 11.5 Å². The fourth-order valence-corrected chi connectivity index (χ4v) is 2.68. The largest absolute Gasteiger partial charge is 0.243 e. The summed E-state index contributed by atoms with van der Waals surface area (Å²) in [5, 5.41) is 1.61. The maximum atomic E-state index is 5.89. The molecule has 0 radical (unpaired) electrons. The van der Waals surface area contributed by atoms with Gasteiger partial charge in [-0.3, -0.25) is 0 Å². The van der Waals surface area contributed by atoms with Crippen LogP contribution in [0.4, 0.5) is 0 Å². The maximum absolute atomic E-state index is 5.89. The van der Waals surface area contributed by atoms with Crippen molar-refractivity contribution in [2.45, 2.75) is 0 Å². The Morgan fingerprint density at radius 3 is 2.32 bits per heavy atom. The number of pyridine rings is 1. The number of hydrogen-bond acceptors (Lipinski definition) is 3. The molecule has 0 spiro atoms. The average molecular weight is 355 g/mol. The summed E-state index contributed by atoms with van der Waals surface area (Å²) in [6.07, 6.45) is 0. The lowest BCUT2D eigenvalue weighted by Gasteiger charge is -2.05. The summed E-state index contributed by atoms with van der Waals surface area (Å²) < 4.78 is 0.796. The van der Waals surface area contributed by atoms with Gasteiger partial charge < -0.3 is 0 Å². The minimum absolute atomic E-state index is 0.289. The van der Waals surface area contributed by atoms with Crippen molar-refractivity contribution >= 4 is 50.0 Å². The number of para-hydroxylation sites is 1. The topological polar surface area (TPSA) is 38.7 Å². The standard InChI is InChI=1S/C13H6BrCl2N3/c14-8-5-7-3-1-2-4-9(7)17-12(8)13-18-10(15)6-11(16)19-13/h1-6H. The molecule has 2 heterocycles. The zero-order valence-electron chi connectivity index (χ0n) is 9.44. The van der Waals surface area contributed by atoms with Crippen molar-refractivity contribution in [3.8, 4) is 11.5 Å². The molecule has 0 atom stereocenters. The van der Waals surface area contributed by atoms with Crippen molar-refractivity contribution in [3.63, 3.8) is 0 Å². The van der Waals surface area contributed by atoms with Gasteiger partial charge in [-0.25, -0.2) is 15.0 Å². The Bertz CT molecular complexity index is 757. The van der Waals surface area contributed by atoms with Gasteiger partial charge in [-0.1, -0.05) is 41.4 Å². The molecule has 0 amide bonds. The third-order valence-electron chi connectivity index (χ3n) is 2.55. The lowest BCUT2D eigenvalue weighted by atomic mass is 10.2. The predicted octanol–water partition coefficient (Wildman–Crippen LogP) is 4.76. The third-order valence-corrected chi connectivity index (χ3v) is 3.54. The summed E-state index contributed by atoms with van der Waals surface area (Å²) in [6, 6.07) is 11.3. The number of aromatic nitrogens is 3. The molecule has 0 N–H and O–H groups in total. The van der Waals surface area contributed by atoms with Crippen LogP contribution in [-0.2, 0) is 0 Å². The van der Waals surface area contributed by atoms with Gasteiger partial charge in [-0.15, -0.1) is 0 Å². The number of nitrogens with zero attached hydrogens (tertiary/aromatic N) is 3. The molecule has 0 aliphatic heterocycles. The van der Waals surface area contributed by atoms with Crippen molar-refractivity contribution in [1.82, 2.24) is 15.0 Å². The molecule has 0 fully saturated rings. The minimum atomic E-state index is 0.289. The van der Waals surface area contributed by atoms with Gasteiger partial charge in [0.05, 0.1) is 5.52 Å². The van der Waals surface area contributed by atoms with E-state index in [4.69, 9.17) is 23.2 Å². The van der Waals surface area contributed by atoms with Crippen LogP contribution in [0.15, 0.2) is 40.9 Å². The molecule has 19 heavy (non-hydrogen) atoms. The van der Waals surface area contributed by atoms with Crippen LogP contribution < -0.4 is 0 Å². The predicted molar refractivity (Wildman–Crippen MR) is 80.5 cm³/mol. The Balaban J connectivity index is 2.26. The van der Waals surface area contributed by atoms with Crippen LogP contribution in [0.1, 0.15) is 0 Å². The van der Waals surface area contributed by atoms with Gasteiger partial charge in [-0.2, -0.15) is 0 Å². The number of rotatable bonds is 1. The van der Waals surface area contributed by atoms with E-state index in [2.05, 4.69) is 30.9 Å². The lowest BCUT2D eigenvalue weighted by Crippen LogP contribution is -1.94. The molecule has 0 saturated heterocycles. The molecule has 0 bridgehead atoms. The molecule has 6 heteroatoms. The van der Waals surface area contributed by atoms with E-state index in [1.807, 2.05) is 30.3 Å². The second-order valence-corrected chi connectivity index (χ2v) is 5.48. The molecular weight excluding hydrogens is 349 g/mol. The number of hydrogen-bond donors (Lipinski definition) is 0. The normalized spacial score (nSPS) is 10.9. The van der Waals surface area contributed by atoms with Crippen LogP contribution in [0.3, 0.4) is 0 Å². The van der Waals surface area contributed by atoms with E-state index in [9.17, 15) is 0 Å². The molecule has 0 aliphatic rings. The highest BCUT2D eigenvalue weighted by Crippen LogP contribution is 2.29. The summed E-state index contributed by atoms with van der Waals surface area (Å²) >= 11 is 15.3. The van der Waals surface area contributed by atoms with E-state index >= 15 is 0 Å². The molecule has 3 nitrogen and oxygen atoms in total. The van der Waals surface area contributed by atoms with Crippen LogP contribution in [0.2, 0.25) is 10.3 Å². The summed E-state index contributed by atoms with van der Waals surface area (Å²) in [5.74, 6) is 0.398. The fraction of sp³-hybridized carbons (Fsp3) is 0. The molecular formula is C13H6BrCl2N3. The van der Waals surface area contributed by atoms with Crippen LogP contribution in [0.25, 0.3) is 22.4 Å². The molecule has 94 valence electrons. The Morgan fingerprint density at radius 2 is 1.58 bits per heavy atom.